The van der Waals surface area contributed by atoms with Crippen LogP contribution in [0.3, 0.4) is 0 Å². The molecule has 0 bridgehead atoms. The lowest BCUT2D eigenvalue weighted by Crippen LogP contribution is -2.12. The predicted molar refractivity (Wildman–Crippen MR) is 118 cm³/mol. The Balaban J connectivity index is 1.70. The number of benzene rings is 1. The fraction of sp³-hybridized carbons (Fsp3) is 0.545. The van der Waals surface area contributed by atoms with E-state index < -0.39 is 0 Å². The summed E-state index contributed by atoms with van der Waals surface area (Å²) >= 11 is 5.32. The van der Waals surface area contributed by atoms with E-state index >= 15 is 0 Å². The summed E-state index contributed by atoms with van der Waals surface area (Å²) in [4.78, 5) is 12.8. The van der Waals surface area contributed by atoms with Gasteiger partial charge in [0.2, 0.25) is 10.6 Å². The second kappa shape index (κ2) is 11.0. The van der Waals surface area contributed by atoms with Crippen molar-refractivity contribution < 1.29 is 9.53 Å². The van der Waals surface area contributed by atoms with Gasteiger partial charge in [0.25, 0.3) is 0 Å². The highest BCUT2D eigenvalue weighted by Gasteiger charge is 2.21. The molecule has 6 nitrogen and oxygen atoms in total. The topological polar surface area (TPSA) is 72.3 Å². The van der Waals surface area contributed by atoms with Crippen LogP contribution in [0.25, 0.3) is 0 Å². The first-order chi connectivity index (χ1) is 14.2. The smallest absolute Gasteiger partial charge is 0.216 e. The van der Waals surface area contributed by atoms with Crippen molar-refractivity contribution in [3.05, 3.63) is 40.4 Å². The van der Waals surface area contributed by atoms with Gasteiger partial charge in [-0.15, -0.1) is 0 Å². The Labute approximate surface area is 177 Å². The summed E-state index contributed by atoms with van der Waals surface area (Å²) in [7, 11) is 0. The molecule has 0 radical (unpaired) electrons. The van der Waals surface area contributed by atoms with Crippen LogP contribution in [0.4, 0.5) is 0 Å². The van der Waals surface area contributed by atoms with Gasteiger partial charge in [0.1, 0.15) is 5.75 Å². The van der Waals surface area contributed by atoms with Crippen molar-refractivity contribution in [2.45, 2.75) is 70.6 Å². The standard InChI is InChI=1S/C22H30N4O2S/c1-2-3-4-10-15-28-20-14-9-8-13-18(20)19(27)16-23-26-21(24-25-22(26)29)17-11-6-5-7-12-17/h8-9,13-14,16-17H,2-7,10-12,15H2,1H3,(H,25,29)/b23-16-. The van der Waals surface area contributed by atoms with Crippen LogP contribution in [0.15, 0.2) is 29.4 Å². The maximum absolute atomic E-state index is 12.8. The summed E-state index contributed by atoms with van der Waals surface area (Å²) in [5.41, 5.74) is 0.515. The molecular formula is C22H30N4O2S. The highest BCUT2D eigenvalue weighted by molar-refractivity contribution is 7.71. The van der Waals surface area contributed by atoms with Gasteiger partial charge in [-0.3, -0.25) is 9.89 Å². The summed E-state index contributed by atoms with van der Waals surface area (Å²) in [5.74, 6) is 1.55. The van der Waals surface area contributed by atoms with Crippen LogP contribution in [-0.4, -0.2) is 33.5 Å². The number of nitrogens with zero attached hydrogens (tertiary/aromatic N) is 3. The van der Waals surface area contributed by atoms with Gasteiger partial charge in [-0.2, -0.15) is 14.9 Å². The Kier molecular flexibility index (Phi) is 8.16. The number of aromatic amines is 1. The van der Waals surface area contributed by atoms with Crippen LogP contribution in [0.2, 0.25) is 0 Å². The summed E-state index contributed by atoms with van der Waals surface area (Å²) < 4.78 is 7.86. The Hall–Kier alpha value is -2.28. The molecule has 0 saturated heterocycles. The highest BCUT2D eigenvalue weighted by Crippen LogP contribution is 2.31. The van der Waals surface area contributed by atoms with E-state index in [0.717, 1.165) is 31.5 Å². The Morgan fingerprint density at radius 2 is 2.07 bits per heavy atom. The number of unbranched alkanes of at least 4 members (excludes halogenated alkanes) is 3. The van der Waals surface area contributed by atoms with Crippen LogP contribution in [0, 0.1) is 4.77 Å². The van der Waals surface area contributed by atoms with Crippen molar-refractivity contribution >= 4 is 24.2 Å². The number of carbonyl (C=O) groups excluding carboxylic acids is 1. The first-order valence-corrected chi connectivity index (χ1v) is 11.1. The Morgan fingerprint density at radius 3 is 2.86 bits per heavy atom. The lowest BCUT2D eigenvalue weighted by Gasteiger charge is -2.19. The number of rotatable bonds is 10. The molecule has 0 spiro atoms. The maximum atomic E-state index is 12.8. The van der Waals surface area contributed by atoms with Gasteiger partial charge >= 0.3 is 0 Å². The molecule has 7 heteroatoms. The molecular weight excluding hydrogens is 384 g/mol. The molecule has 0 aliphatic heterocycles. The molecule has 1 heterocycles. The fourth-order valence-electron chi connectivity index (χ4n) is 3.73. The zero-order valence-corrected chi connectivity index (χ0v) is 17.9. The molecule has 1 N–H and O–H groups in total. The molecule has 1 aromatic carbocycles. The van der Waals surface area contributed by atoms with Gasteiger partial charge in [-0.05, 0) is 43.6 Å². The summed E-state index contributed by atoms with van der Waals surface area (Å²) in [6.45, 7) is 2.79. The van der Waals surface area contributed by atoms with Crippen molar-refractivity contribution in [1.82, 2.24) is 14.9 Å². The molecule has 3 rings (SSSR count). The van der Waals surface area contributed by atoms with Gasteiger partial charge in [-0.25, -0.2) is 0 Å². The summed E-state index contributed by atoms with van der Waals surface area (Å²) in [5, 5.41) is 11.6. The molecule has 156 valence electrons. The van der Waals surface area contributed by atoms with Crippen LogP contribution in [-0.2, 0) is 0 Å². The third kappa shape index (κ3) is 5.85. The molecule has 0 atom stereocenters. The lowest BCUT2D eigenvalue weighted by molar-refractivity contribution is 0.106. The Morgan fingerprint density at radius 1 is 1.28 bits per heavy atom. The zero-order valence-electron chi connectivity index (χ0n) is 17.1. The van der Waals surface area contributed by atoms with E-state index in [9.17, 15) is 4.79 Å². The fourth-order valence-corrected chi connectivity index (χ4v) is 3.91. The van der Waals surface area contributed by atoms with E-state index in [4.69, 9.17) is 17.0 Å². The van der Waals surface area contributed by atoms with E-state index in [-0.39, 0.29) is 5.78 Å². The third-order valence-electron chi connectivity index (χ3n) is 5.34. The van der Waals surface area contributed by atoms with Crippen molar-refractivity contribution in [1.29, 1.82) is 0 Å². The van der Waals surface area contributed by atoms with Crippen molar-refractivity contribution in [2.24, 2.45) is 5.10 Å². The second-order valence-electron chi connectivity index (χ2n) is 7.55. The average molecular weight is 415 g/mol. The van der Waals surface area contributed by atoms with Gasteiger partial charge < -0.3 is 4.74 Å². The number of ketones is 1. The minimum absolute atomic E-state index is 0.202. The average Bonchev–Trinajstić information content (AvgIpc) is 3.13. The molecule has 1 aliphatic rings. The molecule has 1 fully saturated rings. The first kappa shape index (κ1) is 21.4. The number of ether oxygens (including phenoxy) is 1. The largest absolute Gasteiger partial charge is 0.493 e. The quantitative estimate of drug-likeness (QED) is 0.235. The number of nitrogens with one attached hydrogen (secondary N) is 1. The lowest BCUT2D eigenvalue weighted by atomic mass is 9.89. The highest BCUT2D eigenvalue weighted by atomic mass is 32.1. The van der Waals surface area contributed by atoms with E-state index in [1.54, 1.807) is 10.7 Å². The SMILES string of the molecule is CCCCCCOc1ccccc1C(=O)/C=N\n1c(C2CCCCC2)n[nH]c1=S. The molecule has 0 unspecified atom stereocenters. The van der Waals surface area contributed by atoms with Crippen molar-refractivity contribution in [3.63, 3.8) is 0 Å². The summed E-state index contributed by atoms with van der Waals surface area (Å²) in [6.07, 6.45) is 11.6. The number of aromatic nitrogens is 3. The van der Waals surface area contributed by atoms with Gasteiger partial charge in [0, 0.05) is 5.92 Å². The minimum Gasteiger partial charge on any atom is -0.493 e. The van der Waals surface area contributed by atoms with E-state index in [2.05, 4.69) is 22.2 Å². The maximum Gasteiger partial charge on any atom is 0.216 e. The summed E-state index contributed by atoms with van der Waals surface area (Å²) in [6, 6.07) is 7.31. The first-order valence-electron chi connectivity index (χ1n) is 10.7. The molecule has 1 aliphatic carbocycles. The van der Waals surface area contributed by atoms with Gasteiger partial charge in [0.05, 0.1) is 18.4 Å². The van der Waals surface area contributed by atoms with Crippen LogP contribution in [0.5, 0.6) is 5.75 Å². The number of hydrogen-bond acceptors (Lipinski definition) is 5. The van der Waals surface area contributed by atoms with Crippen LogP contribution < -0.4 is 4.74 Å². The van der Waals surface area contributed by atoms with Crippen LogP contribution in [0.1, 0.15) is 86.8 Å². The normalized spacial score (nSPS) is 15.1. The number of para-hydroxylation sites is 1. The van der Waals surface area contributed by atoms with E-state index in [0.29, 0.717) is 28.6 Å². The molecule has 2 aromatic rings. The predicted octanol–water partition coefficient (Wildman–Crippen LogP) is 5.66. The van der Waals surface area contributed by atoms with Crippen LogP contribution >= 0.6 is 12.2 Å². The molecule has 0 amide bonds. The third-order valence-corrected chi connectivity index (χ3v) is 5.61. The van der Waals surface area contributed by atoms with Gasteiger partial charge in [0.15, 0.2) is 5.82 Å². The minimum atomic E-state index is -0.202. The molecule has 29 heavy (non-hydrogen) atoms. The number of H-pyrrole nitrogens is 1. The van der Waals surface area contributed by atoms with Crippen molar-refractivity contribution in [2.75, 3.05) is 6.61 Å². The number of Topliss-reactive ketones (excluding diaryl/α,β-unsaturated/α-hetero) is 1. The molecule has 1 saturated carbocycles. The zero-order chi connectivity index (χ0) is 20.5. The monoisotopic (exact) mass is 414 g/mol. The number of hydrogen-bond donors (Lipinski definition) is 1. The Bertz CT molecular complexity index is 881. The van der Waals surface area contributed by atoms with Crippen molar-refractivity contribution in [3.8, 4) is 5.75 Å². The van der Waals surface area contributed by atoms with E-state index in [1.807, 2.05) is 18.2 Å². The number of carbonyl (C=O) groups is 1. The molecule has 1 aromatic heterocycles. The van der Waals surface area contributed by atoms with Gasteiger partial charge in [-0.1, -0.05) is 57.6 Å². The second-order valence-corrected chi connectivity index (χ2v) is 7.93. The van der Waals surface area contributed by atoms with E-state index in [1.165, 1.54) is 38.3 Å².